The molecule has 756 valence electrons. The lowest BCUT2D eigenvalue weighted by Gasteiger charge is -2.38. The molecule has 11 aromatic heterocycles. The van der Waals surface area contributed by atoms with Gasteiger partial charge in [0.15, 0.2) is 0 Å². The summed E-state index contributed by atoms with van der Waals surface area (Å²) in [5, 5.41) is 41.9. The number of aliphatic carboxylic acids is 1. The molecule has 0 saturated carbocycles. The van der Waals surface area contributed by atoms with Gasteiger partial charge in [0.1, 0.15) is 66.8 Å². The van der Waals surface area contributed by atoms with E-state index in [9.17, 15) is 75.1 Å². The number of nitrogen functional groups attached to an aromatic ring is 1. The average molecular weight is 2340 g/mol. The van der Waals surface area contributed by atoms with Gasteiger partial charge in [0.25, 0.3) is 39.6 Å². The zero-order chi connectivity index (χ0) is 105. The van der Waals surface area contributed by atoms with E-state index in [1.54, 1.807) is 88.4 Å². The van der Waals surface area contributed by atoms with E-state index in [-0.39, 0.29) is 91.2 Å². The number of hydrogen-bond acceptors (Lipinski definition) is 33. The summed E-state index contributed by atoms with van der Waals surface area (Å²) in [4.78, 5) is 180. The molecular weight excluding hydrogens is 2250 g/mol. The number of nitriles is 1. The van der Waals surface area contributed by atoms with Crippen LogP contribution in [0.25, 0.3) is 73.3 Å². The van der Waals surface area contributed by atoms with Crippen molar-refractivity contribution in [2.45, 2.75) is 120 Å². The van der Waals surface area contributed by atoms with Gasteiger partial charge in [-0.25, -0.2) is 47.3 Å². The second kappa shape index (κ2) is 60.5. The number of nitrogens with zero attached hydrogens (tertiary/aromatic N) is 10. The minimum atomic E-state index is -2.84. The Bertz CT molecular complexity index is 6950. The molecule has 2 amide bonds. The molecule has 35 nitrogen and oxygen atoms in total. The molecule has 0 aliphatic carbocycles. The molecule has 141 heavy (non-hydrogen) atoms. The Hall–Kier alpha value is -10.9. The number of fused-ring (bicyclic) bond motifs is 5. The largest absolute Gasteiger partial charge is 0.488 e. The Kier molecular flexibility index (Phi) is 52.5. The number of primary amides is 1. The molecule has 2 saturated heterocycles. The first kappa shape index (κ1) is 122. The van der Waals surface area contributed by atoms with E-state index in [2.05, 4.69) is 103 Å². The summed E-state index contributed by atoms with van der Waals surface area (Å²) in [5.74, 6) is -8.26. The van der Waals surface area contributed by atoms with Gasteiger partial charge in [-0.1, -0.05) is 94.1 Å². The van der Waals surface area contributed by atoms with E-state index < -0.39 is 62.4 Å². The molecule has 10 N–H and O–H groups in total. The fourth-order valence-electron chi connectivity index (χ4n) is 11.4. The van der Waals surface area contributed by atoms with Gasteiger partial charge in [-0.15, -0.1) is 80.4 Å². The molecule has 3 aromatic carbocycles. The van der Waals surface area contributed by atoms with Crippen LogP contribution in [0.2, 0.25) is 15.1 Å². The SMILES string of the molecule is CCC=O.CCOC(=O)CBr.CCOC(=O)CC#N.CCOC(=O)Cn1cnc2sc(C)c(Br)c2c1=O.CCOC(=O)c1cc(C)sc1N.Cc1cc2c(=O)[nH]cnc2s1.Cc1sc2nc[nH]c(=O)c2c1Br.Cc1sc2ncn(CC(=O)N3CC(F)(F)C3)c(=O)c2c1-c1ccc(Cl)cc1.Cc1sc2ncn(CC(=O)O)c(=O)c2c1-c1ccc(Cl)cc1.Cl.FC1(F)CNC1.NC=O.OB(O)c1ccc(Cl)cc1. The zero-order valence-corrected chi connectivity index (χ0v) is 89.4. The molecular formula is C88H93BBr3Cl4F4N15O20S6. The number of halogens is 11. The Morgan fingerprint density at radius 3 is 1.33 bits per heavy atom. The summed E-state index contributed by atoms with van der Waals surface area (Å²) in [7, 11) is -1.41. The number of esters is 4. The van der Waals surface area contributed by atoms with Gasteiger partial charge in [0.2, 0.25) is 12.3 Å². The molecule has 0 bridgehead atoms. The molecule has 2 fully saturated rings. The van der Waals surface area contributed by atoms with Crippen LogP contribution < -0.4 is 50.0 Å². The summed E-state index contributed by atoms with van der Waals surface area (Å²) in [5.41, 5.74) is 12.8. The van der Waals surface area contributed by atoms with Gasteiger partial charge < -0.3 is 70.5 Å². The number of aromatic amines is 2. The predicted molar refractivity (Wildman–Crippen MR) is 558 cm³/mol. The number of aromatic nitrogens is 10. The summed E-state index contributed by atoms with van der Waals surface area (Å²) in [6, 6.07) is 25.9. The maximum absolute atomic E-state index is 13.0. The summed E-state index contributed by atoms with van der Waals surface area (Å²) < 4.78 is 72.6. The van der Waals surface area contributed by atoms with Crippen LogP contribution >= 0.6 is 163 Å². The molecule has 0 unspecified atom stereocenters. The number of aldehydes is 1. The van der Waals surface area contributed by atoms with Crippen LogP contribution in [0.3, 0.4) is 0 Å². The van der Waals surface area contributed by atoms with Crippen molar-refractivity contribution in [1.29, 1.82) is 5.26 Å². The molecule has 2 aliphatic rings. The number of rotatable bonds is 17. The van der Waals surface area contributed by atoms with Crippen molar-refractivity contribution in [3.05, 3.63) is 227 Å². The number of alkyl halides is 5. The van der Waals surface area contributed by atoms with Crippen LogP contribution in [-0.2, 0) is 72.1 Å². The average Bonchev–Trinajstić information content (AvgIpc) is 1.62. The molecule has 16 rings (SSSR count). The number of carbonyl (C=O) groups is 8. The van der Waals surface area contributed by atoms with E-state index in [0.717, 1.165) is 85.9 Å². The van der Waals surface area contributed by atoms with Crippen molar-refractivity contribution >= 4 is 280 Å². The Morgan fingerprint density at radius 2 is 0.943 bits per heavy atom. The third kappa shape index (κ3) is 38.0. The number of amides is 2. The van der Waals surface area contributed by atoms with Crippen molar-refractivity contribution in [3.63, 3.8) is 0 Å². The van der Waals surface area contributed by atoms with Crippen LogP contribution in [-0.4, -0.2) is 194 Å². The minimum absolute atomic E-state index is 0. The standard InChI is InChI=1S/C18H14ClF2N3O2S.C15H11ClN2O3S.C11H11BrN2O3S.C8H11NO2S.C7H5BrN2OS.C7H6N2OS.C6H6BClO2.C5H7NO2.C4H7BrO2.C3H5F2N.C3H6O.CH3NO.ClH/c1-10-14(11-2-4-12(19)5-3-11)15-16(27-10)22-9-23(17(15)26)6-13(25)24-7-18(20,21)8-24;1-8-12(9-2-4-10(16)5-3-9)13-14(22-8)17-7-18(15(13)21)6-11(19)20;1-3-17-7(15)4-14-5-13-10-8(11(14)16)9(12)6(2)18-10;1-3-11-8(10)6-4-5(2)12-7(6)9;1-3-5(8)4-6(11)9-2-10-7(4)12-3;1-4-2-5-6(10)8-3-9-7(5)11-4;8-6-3-1-5(2-4-6)7(9)10;1-2-8-5(7)3-4-6;1-2-7-4(6)3-5;4-3(5)1-6-2-3;1-2-3-4;2-1-3;/h2-5,9H,6-8H2,1H3;2-5,7H,6H2,1H3,(H,19,20);5H,3-4H2,1-2H3;4H,3,9H2,1-2H3;2H,1H3,(H,9,10,11);2-3H,1H3,(H,8,9,10);1-4,9-10H;2-3H2,1H3;2-3H2,1H3;6H,1-2H2;3H,2H2,1H3;1H,(H2,2,3);1H. The molecule has 53 heteroatoms. The fourth-order valence-corrected chi connectivity index (χ4v) is 18.8. The number of carboxylic acids is 1. The smallest absolute Gasteiger partial charge is 0.480 e. The van der Waals surface area contributed by atoms with Crippen molar-refractivity contribution in [2.24, 2.45) is 5.73 Å². The van der Waals surface area contributed by atoms with Gasteiger partial charge >= 0.3 is 37.0 Å². The first-order valence-electron chi connectivity index (χ1n) is 41.0. The van der Waals surface area contributed by atoms with Crippen LogP contribution in [0.1, 0.15) is 87.1 Å². The number of anilines is 1. The van der Waals surface area contributed by atoms with Crippen molar-refractivity contribution < 1.29 is 90.0 Å². The summed E-state index contributed by atoms with van der Waals surface area (Å²) in [6.45, 7) is 19.5. The topological polar surface area (TPSA) is 521 Å². The maximum Gasteiger partial charge on any atom is 0.488 e. The van der Waals surface area contributed by atoms with Gasteiger partial charge in [-0.05, 0) is 166 Å². The number of ether oxygens (including phenoxy) is 4. The van der Waals surface area contributed by atoms with E-state index in [4.69, 9.17) is 75.2 Å². The lowest BCUT2D eigenvalue weighted by atomic mass is 9.81. The van der Waals surface area contributed by atoms with E-state index in [0.29, 0.717) is 111 Å². The summed E-state index contributed by atoms with van der Waals surface area (Å²) in [6.07, 6.45) is 8.42. The first-order valence-corrected chi connectivity index (χ1v) is 49.8. The molecule has 14 aromatic rings. The lowest BCUT2D eigenvalue weighted by molar-refractivity contribution is -0.166. The highest BCUT2D eigenvalue weighted by Gasteiger charge is 2.46. The number of hydrogen-bond donors (Lipinski definition) is 8. The van der Waals surface area contributed by atoms with Crippen LogP contribution in [0.4, 0.5) is 22.6 Å². The van der Waals surface area contributed by atoms with Crippen LogP contribution in [0, 0.1) is 52.9 Å². The van der Waals surface area contributed by atoms with Crippen LogP contribution in [0.5, 0.6) is 0 Å². The third-order valence-electron chi connectivity index (χ3n) is 17.6. The van der Waals surface area contributed by atoms with Crippen molar-refractivity contribution in [1.82, 2.24) is 58.8 Å². The second-order valence-corrected chi connectivity index (χ2v) is 38.9. The molecule has 0 atom stereocenters. The highest BCUT2D eigenvalue weighted by atomic mass is 79.9. The number of likely N-dealkylation sites (tertiary alicyclic amines) is 1. The molecule has 0 radical (unpaired) electrons. The van der Waals surface area contributed by atoms with Crippen LogP contribution in [0.15, 0.2) is 149 Å². The van der Waals surface area contributed by atoms with Gasteiger partial charge in [-0.3, -0.25) is 66.4 Å². The monoisotopic (exact) mass is 2340 g/mol. The number of H-pyrrole nitrogens is 2. The fraction of sp³-hybridized carbons (Fsp3) is 0.307. The number of carbonyl (C=O) groups excluding carboxylic acids is 7. The van der Waals surface area contributed by atoms with Gasteiger partial charge in [0.05, 0.1) is 123 Å². The molecule has 0 spiro atoms. The number of nitrogens with one attached hydrogen (secondary N) is 3. The van der Waals surface area contributed by atoms with Crippen molar-refractivity contribution in [2.75, 3.05) is 63.7 Å². The van der Waals surface area contributed by atoms with Crippen molar-refractivity contribution in [3.8, 4) is 28.3 Å². The number of nitrogens with two attached hydrogens (primary N) is 2. The Morgan fingerprint density at radius 1 is 0.553 bits per heavy atom. The zero-order valence-electron chi connectivity index (χ0n) is 76.6. The highest BCUT2D eigenvalue weighted by Crippen LogP contribution is 2.39. The third-order valence-corrected chi connectivity index (χ3v) is 27.3. The lowest BCUT2D eigenvalue weighted by Crippen LogP contribution is -2.59. The second-order valence-electron chi connectivity index (χ2n) is 28.2. The first-order chi connectivity index (χ1) is 66.2. The normalized spacial score (nSPS) is 11.7. The predicted octanol–water partition coefficient (Wildman–Crippen LogP) is 15.8. The summed E-state index contributed by atoms with van der Waals surface area (Å²) >= 11 is 35.8. The van der Waals surface area contributed by atoms with E-state index in [1.807, 2.05) is 78.8 Å². The molecule has 13 heterocycles. The quantitative estimate of drug-likeness (QED) is 0.0105. The van der Waals surface area contributed by atoms with E-state index in [1.165, 1.54) is 109 Å². The van der Waals surface area contributed by atoms with E-state index >= 15 is 0 Å². The Balaban J connectivity index is 0.000000334. The number of aryl methyl sites for hydroxylation is 6. The maximum atomic E-state index is 13.0. The highest BCUT2D eigenvalue weighted by molar-refractivity contribution is 9.11. The number of thiophene rings is 6. The molecule has 2 aliphatic heterocycles. The number of benzene rings is 3. The van der Waals surface area contributed by atoms with Gasteiger partial charge in [0, 0.05) is 70.8 Å². The number of carboxylic acid groups (broad SMARTS) is 1. The Labute approximate surface area is 872 Å². The minimum Gasteiger partial charge on any atom is -0.480 e. The van der Waals surface area contributed by atoms with Gasteiger partial charge in [-0.2, -0.15) is 5.26 Å².